The lowest BCUT2D eigenvalue weighted by atomic mass is 10.2. The van der Waals surface area contributed by atoms with Crippen molar-refractivity contribution in [2.24, 2.45) is 10.2 Å². The Morgan fingerprint density at radius 2 is 1.85 bits per heavy atom. The van der Waals surface area contributed by atoms with Gasteiger partial charge in [-0.1, -0.05) is 35.9 Å². The third-order valence-corrected chi connectivity index (χ3v) is 3.95. The minimum absolute atomic E-state index is 0.0864. The molecule has 3 rings (SSSR count). The van der Waals surface area contributed by atoms with Crippen LogP contribution in [0.25, 0.3) is 0 Å². The van der Waals surface area contributed by atoms with Gasteiger partial charge in [0.2, 0.25) is 5.95 Å². The first kappa shape index (κ1) is 17.8. The lowest BCUT2D eigenvalue weighted by Crippen LogP contribution is -2.07. The molecular weight excluding hydrogens is 355 g/mol. The lowest BCUT2D eigenvalue weighted by Gasteiger charge is -2.11. The largest absolute Gasteiger partial charge is 0.368 e. The van der Waals surface area contributed by atoms with Crippen molar-refractivity contribution in [2.45, 2.75) is 13.5 Å². The second-order valence-corrected chi connectivity index (χ2v) is 5.86. The van der Waals surface area contributed by atoms with Crippen molar-refractivity contribution in [1.29, 1.82) is 0 Å². The molecule has 3 aromatic rings. The van der Waals surface area contributed by atoms with E-state index in [2.05, 4.69) is 25.5 Å². The predicted octanol–water partition coefficient (Wildman–Crippen LogP) is 5.19. The first-order valence-corrected chi connectivity index (χ1v) is 8.20. The number of benzene rings is 2. The normalized spacial score (nSPS) is 11.0. The first-order valence-electron chi connectivity index (χ1n) is 7.82. The molecule has 2 aromatic carbocycles. The summed E-state index contributed by atoms with van der Waals surface area (Å²) in [5.41, 5.74) is 7.73. The van der Waals surface area contributed by atoms with Crippen LogP contribution in [-0.4, -0.2) is 9.97 Å². The van der Waals surface area contributed by atoms with Gasteiger partial charge in [0.15, 0.2) is 5.82 Å². The van der Waals surface area contributed by atoms with Crippen molar-refractivity contribution in [3.8, 4) is 0 Å². The quantitative estimate of drug-likeness (QED) is 0.605. The van der Waals surface area contributed by atoms with Gasteiger partial charge in [-0.2, -0.15) is 10.1 Å². The molecule has 0 aliphatic carbocycles. The minimum atomic E-state index is -0.406. The molecule has 132 valence electrons. The summed E-state index contributed by atoms with van der Waals surface area (Å²) in [4.78, 5) is 8.27. The number of azo groups is 1. The fourth-order valence-corrected chi connectivity index (χ4v) is 2.54. The monoisotopic (exact) mass is 370 g/mol. The van der Waals surface area contributed by atoms with Gasteiger partial charge in [-0.05, 0) is 31.2 Å². The molecular formula is C18H16ClFN6. The summed E-state index contributed by atoms with van der Waals surface area (Å²) in [7, 11) is 0. The Kier molecular flexibility index (Phi) is 5.38. The Labute approximate surface area is 155 Å². The van der Waals surface area contributed by atoms with Crippen LogP contribution in [0.1, 0.15) is 11.3 Å². The number of nitrogens with zero attached hydrogens (tertiary/aromatic N) is 4. The average Bonchev–Trinajstić information content (AvgIpc) is 2.61. The molecule has 0 fully saturated rings. The first-order chi connectivity index (χ1) is 12.5. The van der Waals surface area contributed by atoms with Crippen molar-refractivity contribution in [3.63, 3.8) is 0 Å². The predicted molar refractivity (Wildman–Crippen MR) is 101 cm³/mol. The van der Waals surface area contributed by atoms with Gasteiger partial charge in [0.25, 0.3) is 0 Å². The zero-order valence-corrected chi connectivity index (χ0v) is 14.7. The molecule has 0 atom stereocenters. The van der Waals surface area contributed by atoms with Crippen LogP contribution in [0.4, 0.5) is 27.5 Å². The van der Waals surface area contributed by atoms with E-state index < -0.39 is 5.82 Å². The molecule has 0 radical (unpaired) electrons. The van der Waals surface area contributed by atoms with Crippen LogP contribution in [0.2, 0.25) is 5.02 Å². The van der Waals surface area contributed by atoms with Gasteiger partial charge in [-0.15, -0.1) is 5.11 Å². The molecule has 0 spiro atoms. The number of anilines is 2. The van der Waals surface area contributed by atoms with Gasteiger partial charge in [-0.25, -0.2) is 9.37 Å². The lowest BCUT2D eigenvalue weighted by molar-refractivity contribution is 0.613. The Balaban J connectivity index is 1.90. The average molecular weight is 371 g/mol. The molecule has 0 aliphatic rings. The van der Waals surface area contributed by atoms with E-state index in [1.165, 1.54) is 6.07 Å². The van der Waals surface area contributed by atoms with Gasteiger partial charge >= 0.3 is 0 Å². The smallest absolute Gasteiger partial charge is 0.222 e. The SMILES string of the molecule is Cc1nc(N)nc(NCc2c(F)cccc2Cl)c1N=Nc1ccccc1. The summed E-state index contributed by atoms with van der Waals surface area (Å²) in [5, 5.41) is 11.8. The maximum atomic E-state index is 14.0. The Bertz CT molecular complexity index is 926. The standard InChI is InChI=1S/C18H16ClFN6/c1-11-16(26-25-12-6-3-2-4-7-12)17(24-18(21)23-11)22-10-13-14(19)8-5-9-15(13)20/h2-9H,10H2,1H3,(H3,21,22,23,24). The van der Waals surface area contributed by atoms with E-state index in [1.54, 1.807) is 19.1 Å². The van der Waals surface area contributed by atoms with E-state index >= 15 is 0 Å². The second kappa shape index (κ2) is 7.88. The van der Waals surface area contributed by atoms with E-state index in [-0.39, 0.29) is 12.5 Å². The number of hydrogen-bond donors (Lipinski definition) is 2. The number of hydrogen-bond acceptors (Lipinski definition) is 6. The third kappa shape index (κ3) is 4.12. The van der Waals surface area contributed by atoms with Crippen LogP contribution in [0.15, 0.2) is 58.8 Å². The Morgan fingerprint density at radius 1 is 1.08 bits per heavy atom. The highest BCUT2D eigenvalue weighted by Crippen LogP contribution is 2.30. The van der Waals surface area contributed by atoms with Crippen molar-refractivity contribution in [1.82, 2.24) is 9.97 Å². The number of rotatable bonds is 5. The molecule has 0 bridgehead atoms. The molecule has 26 heavy (non-hydrogen) atoms. The van der Waals surface area contributed by atoms with E-state index in [4.69, 9.17) is 17.3 Å². The van der Waals surface area contributed by atoms with E-state index in [0.717, 1.165) is 0 Å². The number of nitrogens with two attached hydrogens (primary N) is 1. The van der Waals surface area contributed by atoms with Crippen LogP contribution in [-0.2, 0) is 6.54 Å². The maximum absolute atomic E-state index is 14.0. The molecule has 0 unspecified atom stereocenters. The van der Waals surface area contributed by atoms with Crippen molar-refractivity contribution in [3.05, 3.63) is 70.6 Å². The van der Waals surface area contributed by atoms with E-state index in [0.29, 0.717) is 33.5 Å². The Morgan fingerprint density at radius 3 is 2.58 bits per heavy atom. The van der Waals surface area contributed by atoms with Gasteiger partial charge in [0.05, 0.1) is 11.4 Å². The maximum Gasteiger partial charge on any atom is 0.222 e. The number of nitrogen functional groups attached to an aromatic ring is 1. The summed E-state index contributed by atoms with van der Waals surface area (Å²) in [6.07, 6.45) is 0. The summed E-state index contributed by atoms with van der Waals surface area (Å²) in [5.74, 6) is 0.0357. The fourth-order valence-electron chi connectivity index (χ4n) is 2.31. The van der Waals surface area contributed by atoms with Crippen molar-refractivity contribution >= 4 is 34.7 Å². The number of aromatic nitrogens is 2. The van der Waals surface area contributed by atoms with Gasteiger partial charge in [0.1, 0.15) is 11.5 Å². The fraction of sp³-hybridized carbons (Fsp3) is 0.111. The highest BCUT2D eigenvalue weighted by Gasteiger charge is 2.13. The van der Waals surface area contributed by atoms with E-state index in [1.807, 2.05) is 30.3 Å². The van der Waals surface area contributed by atoms with Crippen LogP contribution in [0, 0.1) is 12.7 Å². The zero-order valence-electron chi connectivity index (χ0n) is 13.9. The van der Waals surface area contributed by atoms with Crippen molar-refractivity contribution in [2.75, 3.05) is 11.1 Å². The van der Waals surface area contributed by atoms with Gasteiger partial charge in [-0.3, -0.25) is 0 Å². The number of halogens is 2. The number of nitrogens with one attached hydrogen (secondary N) is 1. The molecule has 1 heterocycles. The molecule has 6 nitrogen and oxygen atoms in total. The summed E-state index contributed by atoms with van der Waals surface area (Å²) in [6, 6.07) is 13.8. The van der Waals surface area contributed by atoms with Crippen LogP contribution in [0.3, 0.4) is 0 Å². The summed E-state index contributed by atoms with van der Waals surface area (Å²) < 4.78 is 14.0. The van der Waals surface area contributed by atoms with Gasteiger partial charge < -0.3 is 11.1 Å². The third-order valence-electron chi connectivity index (χ3n) is 3.59. The molecule has 0 saturated carbocycles. The molecule has 3 N–H and O–H groups in total. The molecule has 0 amide bonds. The topological polar surface area (TPSA) is 88.5 Å². The van der Waals surface area contributed by atoms with Crippen LogP contribution < -0.4 is 11.1 Å². The van der Waals surface area contributed by atoms with Gasteiger partial charge in [0, 0.05) is 17.1 Å². The van der Waals surface area contributed by atoms with Crippen LogP contribution in [0.5, 0.6) is 0 Å². The number of aryl methyl sites for hydroxylation is 1. The zero-order chi connectivity index (χ0) is 18.5. The highest BCUT2D eigenvalue weighted by molar-refractivity contribution is 6.31. The molecule has 8 heteroatoms. The minimum Gasteiger partial charge on any atom is -0.368 e. The molecule has 0 aliphatic heterocycles. The van der Waals surface area contributed by atoms with E-state index in [9.17, 15) is 4.39 Å². The Hall–Kier alpha value is -3.06. The highest BCUT2D eigenvalue weighted by atomic mass is 35.5. The van der Waals surface area contributed by atoms with Crippen molar-refractivity contribution < 1.29 is 4.39 Å². The van der Waals surface area contributed by atoms with Crippen LogP contribution >= 0.6 is 11.6 Å². The molecule has 1 aromatic heterocycles. The summed E-state index contributed by atoms with van der Waals surface area (Å²) >= 11 is 6.06. The second-order valence-electron chi connectivity index (χ2n) is 5.45. The summed E-state index contributed by atoms with van der Waals surface area (Å²) in [6.45, 7) is 1.87. The molecule has 0 saturated heterocycles.